The number of allylic oxidation sites excluding steroid dienone is 4. The van der Waals surface area contributed by atoms with E-state index < -0.39 is 0 Å². The van der Waals surface area contributed by atoms with E-state index in [0.717, 1.165) is 5.92 Å². The zero-order valence-electron chi connectivity index (χ0n) is 8.93. The van der Waals surface area contributed by atoms with E-state index >= 15 is 0 Å². The minimum atomic E-state index is 0.814. The van der Waals surface area contributed by atoms with Crippen LogP contribution in [0.15, 0.2) is 23.8 Å². The van der Waals surface area contributed by atoms with Gasteiger partial charge in [-0.1, -0.05) is 51.0 Å². The van der Waals surface area contributed by atoms with Crippen LogP contribution >= 0.6 is 0 Å². The smallest absolute Gasteiger partial charge is 0.0198 e. The predicted octanol–water partition coefficient (Wildman–Crippen LogP) is 4.34. The van der Waals surface area contributed by atoms with E-state index in [4.69, 9.17) is 0 Å². The summed E-state index contributed by atoms with van der Waals surface area (Å²) in [5, 5.41) is 0. The zero-order chi connectivity index (χ0) is 9.40. The summed E-state index contributed by atoms with van der Waals surface area (Å²) in [7, 11) is 0. The van der Waals surface area contributed by atoms with Crippen molar-refractivity contribution in [3.8, 4) is 0 Å². The van der Waals surface area contributed by atoms with Crippen molar-refractivity contribution in [1.29, 1.82) is 0 Å². The monoisotopic (exact) mass is 166 g/mol. The van der Waals surface area contributed by atoms with Gasteiger partial charge >= 0.3 is 0 Å². The highest BCUT2D eigenvalue weighted by Crippen LogP contribution is 2.17. The van der Waals surface area contributed by atoms with E-state index in [-0.39, 0.29) is 0 Å². The van der Waals surface area contributed by atoms with Crippen molar-refractivity contribution >= 4 is 0 Å². The summed E-state index contributed by atoms with van der Waals surface area (Å²) in [6, 6.07) is 0. The molecule has 0 N–H and O–H groups in total. The Morgan fingerprint density at radius 1 is 1.33 bits per heavy atom. The fourth-order valence-corrected chi connectivity index (χ4v) is 1.07. The first-order chi connectivity index (χ1) is 5.74. The van der Waals surface area contributed by atoms with Gasteiger partial charge in [0.2, 0.25) is 0 Å². The average molecular weight is 166 g/mol. The molecule has 0 fully saturated rings. The second-order valence-corrected chi connectivity index (χ2v) is 3.42. The lowest BCUT2D eigenvalue weighted by Crippen LogP contribution is -1.95. The van der Waals surface area contributed by atoms with Crippen LogP contribution in [-0.2, 0) is 0 Å². The largest absolute Gasteiger partial charge is 0.0810 e. The lowest BCUT2D eigenvalue weighted by atomic mass is 9.95. The molecule has 0 saturated heterocycles. The molecule has 0 heterocycles. The van der Waals surface area contributed by atoms with Crippen molar-refractivity contribution in [2.45, 2.75) is 47.0 Å². The summed E-state index contributed by atoms with van der Waals surface area (Å²) in [5.41, 5.74) is 1.42. The first kappa shape index (κ1) is 11.5. The maximum Gasteiger partial charge on any atom is -0.0198 e. The molecular weight excluding hydrogens is 144 g/mol. The van der Waals surface area contributed by atoms with Crippen LogP contribution in [-0.4, -0.2) is 0 Å². The highest BCUT2D eigenvalue weighted by atomic mass is 14.1. The molecule has 0 saturated carbocycles. The fraction of sp³-hybridized carbons (Fsp3) is 0.667. The normalized spacial score (nSPS) is 21.0. The summed E-state index contributed by atoms with van der Waals surface area (Å²) in [6.45, 7) is 8.64. The molecule has 0 nitrogen and oxygen atoms in total. The number of hydrogen-bond donors (Lipinski definition) is 0. The standard InChI is InChI=1S/C9H14.C3H8/c1-3-9-6-4-8(2)5-7-9;1-3-2/h4-6,9H,3,7H2,1-2H3;3H2,1-2H3. The van der Waals surface area contributed by atoms with Gasteiger partial charge in [-0.15, -0.1) is 0 Å². The summed E-state index contributed by atoms with van der Waals surface area (Å²) in [4.78, 5) is 0. The van der Waals surface area contributed by atoms with E-state index in [2.05, 4.69) is 45.9 Å². The summed E-state index contributed by atoms with van der Waals surface area (Å²) < 4.78 is 0. The first-order valence-corrected chi connectivity index (χ1v) is 5.09. The molecule has 0 radical (unpaired) electrons. The van der Waals surface area contributed by atoms with Gasteiger partial charge in [0.05, 0.1) is 0 Å². The maximum atomic E-state index is 2.31. The molecule has 1 unspecified atom stereocenters. The summed E-state index contributed by atoms with van der Waals surface area (Å²) in [5.74, 6) is 0.814. The van der Waals surface area contributed by atoms with Gasteiger partial charge in [0.1, 0.15) is 0 Å². The van der Waals surface area contributed by atoms with Crippen molar-refractivity contribution < 1.29 is 0 Å². The van der Waals surface area contributed by atoms with Gasteiger partial charge < -0.3 is 0 Å². The van der Waals surface area contributed by atoms with Gasteiger partial charge in [0.25, 0.3) is 0 Å². The molecular formula is C12H22. The van der Waals surface area contributed by atoms with E-state index in [1.54, 1.807) is 0 Å². The molecule has 0 aromatic carbocycles. The molecule has 12 heavy (non-hydrogen) atoms. The Morgan fingerprint density at radius 3 is 2.25 bits per heavy atom. The Morgan fingerprint density at radius 2 is 1.92 bits per heavy atom. The van der Waals surface area contributed by atoms with Crippen LogP contribution in [0.3, 0.4) is 0 Å². The lowest BCUT2D eigenvalue weighted by molar-refractivity contribution is 0.629. The Kier molecular flexibility index (Phi) is 6.84. The second-order valence-electron chi connectivity index (χ2n) is 3.42. The number of hydrogen-bond acceptors (Lipinski definition) is 0. The minimum Gasteiger partial charge on any atom is -0.0810 e. The van der Waals surface area contributed by atoms with Crippen molar-refractivity contribution in [3.63, 3.8) is 0 Å². The van der Waals surface area contributed by atoms with Gasteiger partial charge in [-0.3, -0.25) is 0 Å². The predicted molar refractivity (Wildman–Crippen MR) is 57.3 cm³/mol. The molecule has 0 aliphatic heterocycles. The van der Waals surface area contributed by atoms with Crippen LogP contribution in [0.5, 0.6) is 0 Å². The minimum absolute atomic E-state index is 0.814. The van der Waals surface area contributed by atoms with Gasteiger partial charge in [-0.05, 0) is 25.7 Å². The van der Waals surface area contributed by atoms with Crippen LogP contribution in [0.25, 0.3) is 0 Å². The molecule has 0 aromatic rings. The van der Waals surface area contributed by atoms with Crippen molar-refractivity contribution in [3.05, 3.63) is 23.8 Å². The number of rotatable bonds is 1. The lowest BCUT2D eigenvalue weighted by Gasteiger charge is -2.10. The molecule has 1 rings (SSSR count). The van der Waals surface area contributed by atoms with Crippen molar-refractivity contribution in [1.82, 2.24) is 0 Å². The van der Waals surface area contributed by atoms with E-state index in [9.17, 15) is 0 Å². The van der Waals surface area contributed by atoms with Gasteiger partial charge in [0, 0.05) is 0 Å². The van der Waals surface area contributed by atoms with Crippen molar-refractivity contribution in [2.75, 3.05) is 0 Å². The molecule has 0 amide bonds. The van der Waals surface area contributed by atoms with E-state index in [1.165, 1.54) is 24.8 Å². The van der Waals surface area contributed by atoms with Crippen LogP contribution < -0.4 is 0 Å². The molecule has 0 bridgehead atoms. The zero-order valence-corrected chi connectivity index (χ0v) is 8.93. The molecule has 0 aromatic heterocycles. The Bertz CT molecular complexity index is 151. The molecule has 70 valence electrons. The van der Waals surface area contributed by atoms with Crippen molar-refractivity contribution in [2.24, 2.45) is 5.92 Å². The Labute approximate surface area is 77.4 Å². The third-order valence-electron chi connectivity index (χ3n) is 1.90. The second kappa shape index (κ2) is 7.15. The maximum absolute atomic E-state index is 2.31. The van der Waals surface area contributed by atoms with E-state index in [0.29, 0.717) is 0 Å². The summed E-state index contributed by atoms with van der Waals surface area (Å²) >= 11 is 0. The SMILES string of the molecule is CCC.CCC1C=CC(C)=CC1. The van der Waals surface area contributed by atoms with Crippen LogP contribution in [0.2, 0.25) is 0 Å². The third-order valence-corrected chi connectivity index (χ3v) is 1.90. The van der Waals surface area contributed by atoms with Crippen LogP contribution in [0, 0.1) is 5.92 Å². The van der Waals surface area contributed by atoms with Gasteiger partial charge in [0.15, 0.2) is 0 Å². The first-order valence-electron chi connectivity index (χ1n) is 5.09. The van der Waals surface area contributed by atoms with Crippen LogP contribution in [0.1, 0.15) is 47.0 Å². The third kappa shape index (κ3) is 5.17. The quantitative estimate of drug-likeness (QED) is 0.543. The molecule has 1 aliphatic rings. The van der Waals surface area contributed by atoms with E-state index in [1.807, 2.05) is 0 Å². The molecule has 0 spiro atoms. The topological polar surface area (TPSA) is 0 Å². The fourth-order valence-electron chi connectivity index (χ4n) is 1.07. The van der Waals surface area contributed by atoms with Crippen LogP contribution in [0.4, 0.5) is 0 Å². The molecule has 1 aliphatic carbocycles. The van der Waals surface area contributed by atoms with Gasteiger partial charge in [-0.2, -0.15) is 0 Å². The van der Waals surface area contributed by atoms with Gasteiger partial charge in [-0.25, -0.2) is 0 Å². The highest BCUT2D eigenvalue weighted by molar-refractivity contribution is 5.20. The molecule has 1 atom stereocenters. The highest BCUT2D eigenvalue weighted by Gasteiger charge is 2.02. The Hall–Kier alpha value is -0.520. The Balaban J connectivity index is 0.000000354. The average Bonchev–Trinajstić information content (AvgIpc) is 2.07. The molecule has 0 heteroatoms. The summed E-state index contributed by atoms with van der Waals surface area (Å²) in [6.07, 6.45) is 10.6.